The molecule has 0 spiro atoms. The molecule has 0 saturated carbocycles. The highest BCUT2D eigenvalue weighted by atomic mass is 32.2. The van der Waals surface area contributed by atoms with Crippen LogP contribution in [0.3, 0.4) is 0 Å². The lowest BCUT2D eigenvalue weighted by atomic mass is 10.1. The van der Waals surface area contributed by atoms with Gasteiger partial charge in [-0.1, -0.05) is 30.3 Å². The number of furan rings is 1. The van der Waals surface area contributed by atoms with Crippen molar-refractivity contribution in [2.45, 2.75) is 18.0 Å². The number of carbonyl (C=O) groups excluding carboxylic acids is 1. The van der Waals surface area contributed by atoms with E-state index in [4.69, 9.17) is 8.60 Å². The van der Waals surface area contributed by atoms with Crippen molar-refractivity contribution in [1.29, 1.82) is 0 Å². The highest BCUT2D eigenvalue weighted by Crippen LogP contribution is 2.22. The molecule has 0 unspecified atom stereocenters. The first-order chi connectivity index (χ1) is 15.9. The zero-order valence-electron chi connectivity index (χ0n) is 17.4. The van der Waals surface area contributed by atoms with Gasteiger partial charge in [-0.25, -0.2) is 4.39 Å². The number of halogens is 1. The maximum atomic E-state index is 13.1. The van der Waals surface area contributed by atoms with Gasteiger partial charge in [-0.3, -0.25) is 4.79 Å². The molecule has 4 rings (SSSR count). The Kier molecular flexibility index (Phi) is 6.55. The number of benzene rings is 3. The van der Waals surface area contributed by atoms with Gasteiger partial charge in [-0.15, -0.1) is 0 Å². The fourth-order valence-corrected chi connectivity index (χ4v) is 4.17. The van der Waals surface area contributed by atoms with Crippen molar-refractivity contribution in [2.75, 3.05) is 0 Å². The van der Waals surface area contributed by atoms with Crippen LogP contribution in [0.5, 0.6) is 5.75 Å². The molecule has 0 bridgehead atoms. The van der Waals surface area contributed by atoms with E-state index in [2.05, 4.69) is 0 Å². The molecule has 0 aliphatic rings. The maximum Gasteiger partial charge on any atom is 0.339 e. The van der Waals surface area contributed by atoms with Gasteiger partial charge in [-0.2, -0.15) is 8.42 Å². The Bertz CT molecular complexity index is 1320. The predicted octanol–water partition coefficient (Wildman–Crippen LogP) is 5.03. The normalized spacial score (nSPS) is 11.2. The van der Waals surface area contributed by atoms with E-state index in [9.17, 15) is 17.6 Å². The third kappa shape index (κ3) is 5.67. The van der Waals surface area contributed by atoms with E-state index in [-0.39, 0.29) is 29.6 Å². The van der Waals surface area contributed by atoms with Crippen LogP contribution in [-0.2, 0) is 23.2 Å². The molecule has 8 heteroatoms. The molecule has 0 fully saturated rings. The van der Waals surface area contributed by atoms with Crippen LogP contribution in [0, 0.1) is 5.82 Å². The molecule has 0 saturated heterocycles. The van der Waals surface area contributed by atoms with Crippen LogP contribution in [-0.4, -0.2) is 19.2 Å². The molecular weight excluding hydrogens is 445 g/mol. The first-order valence-corrected chi connectivity index (χ1v) is 11.5. The fraction of sp³-hybridized carbons (Fsp3) is 0.0800. The van der Waals surface area contributed by atoms with Crippen LogP contribution in [0.1, 0.15) is 21.7 Å². The minimum atomic E-state index is -4.14. The molecule has 3 aromatic carbocycles. The second-order valence-electron chi connectivity index (χ2n) is 7.25. The van der Waals surface area contributed by atoms with Crippen LogP contribution < -0.4 is 4.18 Å². The Balaban J connectivity index is 1.56. The van der Waals surface area contributed by atoms with Crippen molar-refractivity contribution in [3.05, 3.63) is 120 Å². The minimum absolute atomic E-state index is 0.0851. The Labute approximate surface area is 191 Å². The minimum Gasteiger partial charge on any atom is -0.467 e. The smallest absolute Gasteiger partial charge is 0.339 e. The molecule has 0 aliphatic heterocycles. The van der Waals surface area contributed by atoms with Crippen molar-refractivity contribution in [2.24, 2.45) is 0 Å². The van der Waals surface area contributed by atoms with Crippen molar-refractivity contribution in [3.8, 4) is 5.75 Å². The summed E-state index contributed by atoms with van der Waals surface area (Å²) in [7, 11) is -4.14. The predicted molar refractivity (Wildman–Crippen MR) is 119 cm³/mol. The number of hydrogen-bond acceptors (Lipinski definition) is 5. The van der Waals surface area contributed by atoms with Crippen molar-refractivity contribution in [1.82, 2.24) is 4.90 Å². The summed E-state index contributed by atoms with van der Waals surface area (Å²) >= 11 is 0. The average molecular weight is 466 g/mol. The maximum absolute atomic E-state index is 13.1. The van der Waals surface area contributed by atoms with Gasteiger partial charge in [0.25, 0.3) is 5.91 Å². The second-order valence-corrected chi connectivity index (χ2v) is 8.79. The molecule has 33 heavy (non-hydrogen) atoms. The lowest BCUT2D eigenvalue weighted by Gasteiger charge is -2.22. The average Bonchev–Trinajstić information content (AvgIpc) is 3.32. The quantitative estimate of drug-likeness (QED) is 0.341. The van der Waals surface area contributed by atoms with Crippen LogP contribution in [0.25, 0.3) is 0 Å². The van der Waals surface area contributed by atoms with E-state index in [0.717, 1.165) is 24.3 Å². The lowest BCUT2D eigenvalue weighted by Crippen LogP contribution is -2.30. The zero-order chi connectivity index (χ0) is 23.3. The number of nitrogens with zero attached hydrogens (tertiary/aromatic N) is 1. The van der Waals surface area contributed by atoms with Gasteiger partial charge >= 0.3 is 10.1 Å². The molecule has 0 aliphatic carbocycles. The van der Waals surface area contributed by atoms with Gasteiger partial charge in [0.05, 0.1) is 12.8 Å². The number of hydrogen-bond donors (Lipinski definition) is 0. The van der Waals surface area contributed by atoms with E-state index in [1.807, 2.05) is 6.07 Å². The van der Waals surface area contributed by atoms with Crippen LogP contribution in [0.2, 0.25) is 0 Å². The Morgan fingerprint density at radius 2 is 1.64 bits per heavy atom. The molecule has 0 N–H and O–H groups in total. The van der Waals surface area contributed by atoms with E-state index in [1.54, 1.807) is 59.5 Å². The summed E-state index contributed by atoms with van der Waals surface area (Å²) in [6.45, 7) is 0.432. The van der Waals surface area contributed by atoms with E-state index < -0.39 is 15.9 Å². The summed E-state index contributed by atoms with van der Waals surface area (Å²) < 4.78 is 48.8. The first kappa shape index (κ1) is 22.3. The molecule has 1 amide bonds. The van der Waals surface area contributed by atoms with Gasteiger partial charge in [0.2, 0.25) is 0 Å². The summed E-state index contributed by atoms with van der Waals surface area (Å²) in [4.78, 5) is 14.6. The van der Waals surface area contributed by atoms with Gasteiger partial charge in [0.15, 0.2) is 0 Å². The number of rotatable bonds is 8. The van der Waals surface area contributed by atoms with Gasteiger partial charge < -0.3 is 13.5 Å². The van der Waals surface area contributed by atoms with E-state index >= 15 is 0 Å². The zero-order valence-corrected chi connectivity index (χ0v) is 18.2. The lowest BCUT2D eigenvalue weighted by molar-refractivity contribution is 0.0717. The van der Waals surface area contributed by atoms with Crippen molar-refractivity contribution < 1.29 is 26.2 Å². The highest BCUT2D eigenvalue weighted by molar-refractivity contribution is 7.87. The third-order valence-electron chi connectivity index (χ3n) is 4.81. The molecule has 1 heterocycles. The molecule has 0 atom stereocenters. The van der Waals surface area contributed by atoms with E-state index in [1.165, 1.54) is 12.3 Å². The topological polar surface area (TPSA) is 76.8 Å². The molecule has 0 radical (unpaired) electrons. The van der Waals surface area contributed by atoms with Gasteiger partial charge in [-0.05, 0) is 66.2 Å². The Morgan fingerprint density at radius 1 is 0.879 bits per heavy atom. The number of amides is 1. The van der Waals surface area contributed by atoms with Crippen LogP contribution in [0.4, 0.5) is 4.39 Å². The monoisotopic (exact) mass is 465 g/mol. The summed E-state index contributed by atoms with van der Waals surface area (Å²) in [5, 5.41) is 0. The van der Waals surface area contributed by atoms with E-state index in [0.29, 0.717) is 16.9 Å². The Morgan fingerprint density at radius 3 is 2.33 bits per heavy atom. The standard InChI is InChI=1S/C25H20FNO5S/c26-21-11-13-24(14-12-21)33(29,30)32-22-9-4-6-19(16-22)17-27(18-23-10-5-15-31-23)25(28)20-7-2-1-3-8-20/h1-16H,17-18H2. The van der Waals surface area contributed by atoms with Crippen molar-refractivity contribution in [3.63, 3.8) is 0 Å². The van der Waals surface area contributed by atoms with Crippen LogP contribution in [0.15, 0.2) is 107 Å². The SMILES string of the molecule is O=C(c1ccccc1)N(Cc1cccc(OS(=O)(=O)c2ccc(F)cc2)c1)Cc1ccco1. The third-order valence-corrected chi connectivity index (χ3v) is 6.08. The summed E-state index contributed by atoms with van der Waals surface area (Å²) in [5.41, 5.74) is 1.19. The summed E-state index contributed by atoms with van der Waals surface area (Å²) in [6.07, 6.45) is 1.54. The summed E-state index contributed by atoms with van der Waals surface area (Å²) in [6, 6.07) is 23.2. The molecule has 1 aromatic heterocycles. The molecular formula is C25H20FNO5S. The second kappa shape index (κ2) is 9.70. The van der Waals surface area contributed by atoms with Gasteiger partial charge in [0.1, 0.15) is 22.2 Å². The largest absolute Gasteiger partial charge is 0.467 e. The fourth-order valence-electron chi connectivity index (χ4n) is 3.25. The Hall–Kier alpha value is -3.91. The molecule has 6 nitrogen and oxygen atoms in total. The molecule has 168 valence electrons. The number of carbonyl (C=O) groups is 1. The van der Waals surface area contributed by atoms with Crippen molar-refractivity contribution >= 4 is 16.0 Å². The van der Waals surface area contributed by atoms with Crippen LogP contribution >= 0.6 is 0 Å². The summed E-state index contributed by atoms with van der Waals surface area (Å²) in [5.74, 6) is -0.0413. The molecule has 4 aromatic rings. The first-order valence-electron chi connectivity index (χ1n) is 10.1. The highest BCUT2D eigenvalue weighted by Gasteiger charge is 2.20. The van der Waals surface area contributed by atoms with Gasteiger partial charge in [0, 0.05) is 12.1 Å².